The zero-order valence-electron chi connectivity index (χ0n) is 13.9. The third-order valence-corrected chi connectivity index (χ3v) is 3.81. The number of hydrogen-bond donors (Lipinski definition) is 0. The smallest absolute Gasteiger partial charge is 0.341 e. The van der Waals surface area contributed by atoms with Crippen molar-refractivity contribution < 1.29 is 19.0 Å². The van der Waals surface area contributed by atoms with Gasteiger partial charge in [0.2, 0.25) is 0 Å². The van der Waals surface area contributed by atoms with Crippen molar-refractivity contribution in [2.75, 3.05) is 21.0 Å². The molecule has 0 spiro atoms. The van der Waals surface area contributed by atoms with Crippen LogP contribution in [0.15, 0.2) is 48.7 Å². The summed E-state index contributed by atoms with van der Waals surface area (Å²) in [5, 5.41) is 9.35. The SMILES string of the molecule is COCOc1cc(-c2cc(C#N)c3ccccn23)ccc1C(=O)OC. The molecule has 3 aromatic rings. The van der Waals surface area contributed by atoms with Gasteiger partial charge < -0.3 is 18.6 Å². The molecule has 0 aliphatic carbocycles. The number of nitrogens with zero attached hydrogens (tertiary/aromatic N) is 2. The standard InChI is InChI=1S/C19H16N2O4/c1-23-12-25-18-10-13(6-7-15(18)19(22)24-2)17-9-14(11-20)16-5-3-4-8-21(16)17/h3-10H,12H2,1-2H3. The lowest BCUT2D eigenvalue weighted by molar-refractivity contribution is 0.0465. The van der Waals surface area contributed by atoms with E-state index in [0.717, 1.165) is 16.8 Å². The maximum atomic E-state index is 11.9. The molecule has 25 heavy (non-hydrogen) atoms. The van der Waals surface area contributed by atoms with Gasteiger partial charge in [0.1, 0.15) is 17.4 Å². The number of aromatic nitrogens is 1. The van der Waals surface area contributed by atoms with E-state index in [0.29, 0.717) is 16.9 Å². The van der Waals surface area contributed by atoms with Crippen molar-refractivity contribution in [3.8, 4) is 23.1 Å². The number of hydrogen-bond acceptors (Lipinski definition) is 5. The zero-order valence-corrected chi connectivity index (χ0v) is 13.9. The maximum Gasteiger partial charge on any atom is 0.341 e. The number of methoxy groups -OCH3 is 2. The molecule has 0 saturated heterocycles. The van der Waals surface area contributed by atoms with E-state index >= 15 is 0 Å². The monoisotopic (exact) mass is 336 g/mol. The predicted molar refractivity (Wildman–Crippen MR) is 91.4 cm³/mol. The van der Waals surface area contributed by atoms with Crippen LogP contribution < -0.4 is 4.74 Å². The fourth-order valence-electron chi connectivity index (χ4n) is 2.67. The highest BCUT2D eigenvalue weighted by molar-refractivity contribution is 5.93. The van der Waals surface area contributed by atoms with E-state index in [4.69, 9.17) is 14.2 Å². The van der Waals surface area contributed by atoms with Gasteiger partial charge in [0.05, 0.1) is 23.9 Å². The molecule has 0 aliphatic heterocycles. The van der Waals surface area contributed by atoms with E-state index in [1.807, 2.05) is 34.9 Å². The summed E-state index contributed by atoms with van der Waals surface area (Å²) < 4.78 is 17.2. The highest BCUT2D eigenvalue weighted by Crippen LogP contribution is 2.31. The van der Waals surface area contributed by atoms with Gasteiger partial charge in [0.15, 0.2) is 6.79 Å². The topological polar surface area (TPSA) is 73.0 Å². The number of esters is 1. The average molecular weight is 336 g/mol. The van der Waals surface area contributed by atoms with Crippen molar-refractivity contribution in [3.63, 3.8) is 0 Å². The molecule has 0 unspecified atom stereocenters. The highest BCUT2D eigenvalue weighted by atomic mass is 16.7. The molecule has 3 rings (SSSR count). The lowest BCUT2D eigenvalue weighted by Crippen LogP contribution is -2.07. The number of nitriles is 1. The van der Waals surface area contributed by atoms with Crippen molar-refractivity contribution >= 4 is 11.5 Å². The molecule has 0 saturated carbocycles. The number of carbonyl (C=O) groups is 1. The van der Waals surface area contributed by atoms with Crippen molar-refractivity contribution in [2.24, 2.45) is 0 Å². The minimum Gasteiger partial charge on any atom is -0.467 e. The average Bonchev–Trinajstić information content (AvgIpc) is 3.04. The normalized spacial score (nSPS) is 10.4. The summed E-state index contributed by atoms with van der Waals surface area (Å²) in [6, 6.07) is 14.8. The second-order valence-electron chi connectivity index (χ2n) is 5.26. The number of rotatable bonds is 5. The molecule has 6 nitrogen and oxygen atoms in total. The largest absolute Gasteiger partial charge is 0.467 e. The zero-order chi connectivity index (χ0) is 17.8. The second kappa shape index (κ2) is 7.07. The van der Waals surface area contributed by atoms with Crippen LogP contribution in [0.5, 0.6) is 5.75 Å². The lowest BCUT2D eigenvalue weighted by Gasteiger charge is -2.11. The molecular formula is C19H16N2O4. The molecule has 0 N–H and O–H groups in total. The van der Waals surface area contributed by atoms with Crippen molar-refractivity contribution in [1.29, 1.82) is 5.26 Å². The van der Waals surface area contributed by atoms with E-state index in [-0.39, 0.29) is 6.79 Å². The Morgan fingerprint density at radius 2 is 2.04 bits per heavy atom. The molecular weight excluding hydrogens is 320 g/mol. The summed E-state index contributed by atoms with van der Waals surface area (Å²) in [6.45, 7) is 0.00575. The van der Waals surface area contributed by atoms with Gasteiger partial charge >= 0.3 is 5.97 Å². The van der Waals surface area contributed by atoms with Gasteiger partial charge in [0.25, 0.3) is 0 Å². The summed E-state index contributed by atoms with van der Waals surface area (Å²) in [5.74, 6) is -0.133. The lowest BCUT2D eigenvalue weighted by atomic mass is 10.1. The van der Waals surface area contributed by atoms with Gasteiger partial charge in [-0.2, -0.15) is 5.26 Å². The van der Waals surface area contributed by atoms with Crippen LogP contribution in [0.2, 0.25) is 0 Å². The first-order valence-electron chi connectivity index (χ1n) is 7.54. The minimum atomic E-state index is -0.490. The van der Waals surface area contributed by atoms with Crippen LogP contribution in [-0.2, 0) is 9.47 Å². The van der Waals surface area contributed by atoms with Crippen LogP contribution in [0.1, 0.15) is 15.9 Å². The number of ether oxygens (including phenoxy) is 3. The fourth-order valence-corrected chi connectivity index (χ4v) is 2.67. The van der Waals surface area contributed by atoms with Gasteiger partial charge in [0, 0.05) is 18.9 Å². The first-order chi connectivity index (χ1) is 12.2. The van der Waals surface area contributed by atoms with E-state index in [9.17, 15) is 10.1 Å². The molecule has 1 aromatic carbocycles. The van der Waals surface area contributed by atoms with Crippen LogP contribution in [0.4, 0.5) is 0 Å². The van der Waals surface area contributed by atoms with Crippen molar-refractivity contribution in [1.82, 2.24) is 4.40 Å². The Morgan fingerprint density at radius 1 is 1.20 bits per heavy atom. The summed E-state index contributed by atoms with van der Waals surface area (Å²) in [4.78, 5) is 11.9. The fraction of sp³-hybridized carbons (Fsp3) is 0.158. The Morgan fingerprint density at radius 3 is 2.76 bits per heavy atom. The van der Waals surface area contributed by atoms with Crippen molar-refractivity contribution in [2.45, 2.75) is 0 Å². The molecule has 0 radical (unpaired) electrons. The Labute approximate surface area is 144 Å². The van der Waals surface area contributed by atoms with E-state index < -0.39 is 5.97 Å². The number of pyridine rings is 1. The van der Waals surface area contributed by atoms with E-state index in [2.05, 4.69) is 6.07 Å². The van der Waals surface area contributed by atoms with Crippen LogP contribution in [0, 0.1) is 11.3 Å². The molecule has 2 heterocycles. The Hall–Kier alpha value is -3.30. The first-order valence-corrected chi connectivity index (χ1v) is 7.54. The highest BCUT2D eigenvalue weighted by Gasteiger charge is 2.17. The van der Waals surface area contributed by atoms with Crippen LogP contribution in [-0.4, -0.2) is 31.4 Å². The molecule has 0 fully saturated rings. The van der Waals surface area contributed by atoms with Gasteiger partial charge in [-0.1, -0.05) is 12.1 Å². The Balaban J connectivity index is 2.15. The molecule has 0 bridgehead atoms. The number of carbonyl (C=O) groups excluding carboxylic acids is 1. The first kappa shape index (κ1) is 16.6. The van der Waals surface area contributed by atoms with Gasteiger partial charge in [-0.15, -0.1) is 0 Å². The number of benzene rings is 1. The Bertz CT molecular complexity index is 969. The summed E-state index contributed by atoms with van der Waals surface area (Å²) >= 11 is 0. The Kier molecular flexibility index (Phi) is 4.68. The minimum absolute atomic E-state index is 0.00575. The molecule has 0 amide bonds. The molecule has 0 atom stereocenters. The molecule has 6 heteroatoms. The van der Waals surface area contributed by atoms with E-state index in [1.54, 1.807) is 18.2 Å². The third-order valence-electron chi connectivity index (χ3n) is 3.81. The van der Waals surface area contributed by atoms with Crippen LogP contribution >= 0.6 is 0 Å². The van der Waals surface area contributed by atoms with Gasteiger partial charge in [-0.25, -0.2) is 4.79 Å². The predicted octanol–water partition coefficient (Wildman–Crippen LogP) is 3.25. The molecule has 2 aromatic heterocycles. The summed E-state index contributed by atoms with van der Waals surface area (Å²) in [6.07, 6.45) is 1.88. The molecule has 0 aliphatic rings. The summed E-state index contributed by atoms with van der Waals surface area (Å²) in [5.41, 5.74) is 3.33. The second-order valence-corrected chi connectivity index (χ2v) is 5.26. The summed E-state index contributed by atoms with van der Waals surface area (Å²) in [7, 11) is 2.82. The van der Waals surface area contributed by atoms with Gasteiger partial charge in [-0.05, 0) is 30.3 Å². The molecule has 126 valence electrons. The maximum absolute atomic E-state index is 11.9. The van der Waals surface area contributed by atoms with Crippen molar-refractivity contribution in [3.05, 3.63) is 59.8 Å². The number of fused-ring (bicyclic) bond motifs is 1. The van der Waals surface area contributed by atoms with Gasteiger partial charge in [-0.3, -0.25) is 0 Å². The van der Waals surface area contributed by atoms with E-state index in [1.165, 1.54) is 14.2 Å². The van der Waals surface area contributed by atoms with Crippen LogP contribution in [0.25, 0.3) is 16.8 Å². The third kappa shape index (κ3) is 3.05. The van der Waals surface area contributed by atoms with Crippen LogP contribution in [0.3, 0.4) is 0 Å². The quantitative estimate of drug-likeness (QED) is 0.528.